The molecule has 0 amide bonds. The van der Waals surface area contributed by atoms with Gasteiger partial charge < -0.3 is 0 Å². The predicted octanol–water partition coefficient (Wildman–Crippen LogP) is 6.07. The van der Waals surface area contributed by atoms with Crippen LogP contribution in [0.3, 0.4) is 0 Å². The standard InChI is InChI=1S/C18H30O3S.C3H7O.O.Ti/c1-2-3-4-5-6-7-8-9-10-11-14-17-15-12-13-16-18(17)22(19,20)21;1-3(2)4;;/h12-13,15-16H,2-11,14H2,1H3,(H,19,20,21);3H,1-2H3;;/q;-1;;+2/p-1. The molecule has 0 N–H and O–H groups in total. The molecule has 28 heavy (non-hydrogen) atoms. The Morgan fingerprint density at radius 3 is 2.00 bits per heavy atom. The van der Waals surface area contributed by atoms with Gasteiger partial charge in [-0.15, -0.1) is 0 Å². The summed E-state index contributed by atoms with van der Waals surface area (Å²) in [6, 6.07) is 6.80. The molecule has 0 saturated carbocycles. The first kappa shape index (κ1) is 25.6. The molecule has 0 bridgehead atoms. The Labute approximate surface area is 178 Å². The van der Waals surface area contributed by atoms with Crippen LogP contribution >= 0.6 is 0 Å². The van der Waals surface area contributed by atoms with Crippen LogP contribution in [0.15, 0.2) is 29.2 Å². The van der Waals surface area contributed by atoms with Gasteiger partial charge in [-0.2, -0.15) is 0 Å². The van der Waals surface area contributed by atoms with Crippen LogP contribution in [0.25, 0.3) is 0 Å². The van der Waals surface area contributed by atoms with Crippen molar-refractivity contribution >= 4 is 10.1 Å². The Hall–Kier alpha value is -0.396. The van der Waals surface area contributed by atoms with E-state index in [2.05, 4.69) is 6.92 Å². The van der Waals surface area contributed by atoms with Crippen molar-refractivity contribution in [3.8, 4) is 0 Å². The molecule has 1 rings (SSSR count). The van der Waals surface area contributed by atoms with Crippen LogP contribution in [0, 0.1) is 0 Å². The Bertz CT molecular complexity index is 673. The van der Waals surface area contributed by atoms with Crippen LogP contribution in [0.4, 0.5) is 0 Å². The molecule has 5 nitrogen and oxygen atoms in total. The van der Waals surface area contributed by atoms with Crippen LogP contribution in [0.5, 0.6) is 0 Å². The third-order valence-electron chi connectivity index (χ3n) is 4.55. The first-order valence-electron chi connectivity index (χ1n) is 10.6. The second kappa shape index (κ2) is 14.6. The molecule has 0 unspecified atom stereocenters. The predicted molar refractivity (Wildman–Crippen MR) is 107 cm³/mol. The number of unbranched alkanes of at least 4 members (excludes halogenated alkanes) is 9. The molecule has 7 heteroatoms. The molecule has 0 aliphatic rings. The van der Waals surface area contributed by atoms with Crippen molar-refractivity contribution in [2.75, 3.05) is 0 Å². The van der Waals surface area contributed by atoms with E-state index in [0.29, 0.717) is 6.42 Å². The topological polar surface area (TPSA) is 69.7 Å². The van der Waals surface area contributed by atoms with Gasteiger partial charge in [0.1, 0.15) is 0 Å². The molecule has 0 atom stereocenters. The normalized spacial score (nSPS) is 11.9. The summed E-state index contributed by atoms with van der Waals surface area (Å²) in [5.74, 6) is 0. The summed E-state index contributed by atoms with van der Waals surface area (Å²) in [4.78, 5) is 0.110. The average Bonchev–Trinajstić information content (AvgIpc) is 2.62. The SMILES string of the molecule is CCCCCCCCCCCCc1ccccc1S(=O)(=O)[O][Ti](=[O])[O]C(C)C. The maximum atomic E-state index is 12.5. The average molecular weight is 448 g/mol. The van der Waals surface area contributed by atoms with Gasteiger partial charge in [-0.3, -0.25) is 0 Å². The van der Waals surface area contributed by atoms with Crippen molar-refractivity contribution in [3.05, 3.63) is 29.8 Å². The van der Waals surface area contributed by atoms with Gasteiger partial charge in [-0.25, -0.2) is 0 Å². The van der Waals surface area contributed by atoms with Gasteiger partial charge in [0.15, 0.2) is 0 Å². The van der Waals surface area contributed by atoms with Gasteiger partial charge >= 0.3 is 153 Å². The molecule has 0 aliphatic carbocycles. The molecule has 1 aromatic rings. The van der Waals surface area contributed by atoms with E-state index >= 15 is 0 Å². The minimum atomic E-state index is -4.06. The Kier molecular flexibility index (Phi) is 13.3. The van der Waals surface area contributed by atoms with E-state index in [1.54, 1.807) is 26.0 Å². The third-order valence-corrected chi connectivity index (χ3v) is 8.55. The molecule has 0 aliphatic heterocycles. The summed E-state index contributed by atoms with van der Waals surface area (Å²) >= 11 is -3.76. The van der Waals surface area contributed by atoms with Crippen LogP contribution in [0.1, 0.15) is 90.5 Å². The summed E-state index contributed by atoms with van der Waals surface area (Å²) < 4.78 is 46.6. The molecular formula is C21H36O5STi. The van der Waals surface area contributed by atoms with Crippen LogP contribution < -0.4 is 0 Å². The molecule has 0 saturated heterocycles. The monoisotopic (exact) mass is 448 g/mol. The van der Waals surface area contributed by atoms with Gasteiger partial charge in [0.05, 0.1) is 0 Å². The van der Waals surface area contributed by atoms with Gasteiger partial charge in [0.25, 0.3) is 0 Å². The third kappa shape index (κ3) is 11.0. The van der Waals surface area contributed by atoms with E-state index in [1.807, 2.05) is 6.07 Å². The van der Waals surface area contributed by atoms with Gasteiger partial charge in [0.2, 0.25) is 0 Å². The van der Waals surface area contributed by atoms with Gasteiger partial charge in [-0.1, -0.05) is 26.2 Å². The second-order valence-corrected chi connectivity index (χ2v) is 10.9. The Morgan fingerprint density at radius 2 is 1.43 bits per heavy atom. The zero-order chi connectivity index (χ0) is 20.8. The summed E-state index contributed by atoms with van der Waals surface area (Å²) in [7, 11) is -4.06. The van der Waals surface area contributed by atoms with E-state index in [4.69, 9.17) is 6.08 Å². The first-order valence-corrected chi connectivity index (χ1v) is 13.9. The summed E-state index contributed by atoms with van der Waals surface area (Å²) in [5.41, 5.74) is 0.720. The van der Waals surface area contributed by atoms with E-state index in [9.17, 15) is 11.7 Å². The minimum absolute atomic E-state index is 0.110. The second-order valence-electron chi connectivity index (χ2n) is 7.49. The zero-order valence-corrected chi connectivity index (χ0v) is 20.0. The number of benzene rings is 1. The fourth-order valence-electron chi connectivity index (χ4n) is 3.10. The van der Waals surface area contributed by atoms with Crippen molar-refractivity contribution in [1.29, 1.82) is 0 Å². The van der Waals surface area contributed by atoms with E-state index < -0.39 is 28.7 Å². The van der Waals surface area contributed by atoms with Crippen molar-refractivity contribution in [1.82, 2.24) is 0 Å². The summed E-state index contributed by atoms with van der Waals surface area (Å²) in [6.07, 6.45) is 12.7. The Balaban J connectivity index is 2.42. The van der Waals surface area contributed by atoms with Crippen molar-refractivity contribution in [3.63, 3.8) is 0 Å². The molecule has 0 radical (unpaired) electrons. The van der Waals surface area contributed by atoms with Gasteiger partial charge in [-0.05, 0) is 0 Å². The number of aryl methyl sites for hydroxylation is 1. The van der Waals surface area contributed by atoms with E-state index in [0.717, 1.165) is 18.4 Å². The van der Waals surface area contributed by atoms with Crippen molar-refractivity contribution in [2.45, 2.75) is 102 Å². The van der Waals surface area contributed by atoms with Crippen molar-refractivity contribution in [2.24, 2.45) is 0 Å². The fraction of sp³-hybridized carbons (Fsp3) is 0.714. The maximum absolute atomic E-state index is 12.5. The number of hydrogen-bond donors (Lipinski definition) is 0. The quantitative estimate of drug-likeness (QED) is 0.227. The van der Waals surface area contributed by atoms with E-state index in [-0.39, 0.29) is 11.0 Å². The van der Waals surface area contributed by atoms with Crippen molar-refractivity contribution < 1.29 is 36.4 Å². The molecule has 0 fully saturated rings. The molecule has 0 heterocycles. The van der Waals surface area contributed by atoms with E-state index in [1.165, 1.54) is 57.4 Å². The van der Waals surface area contributed by atoms with Gasteiger partial charge in [0, 0.05) is 0 Å². The number of hydrogen-bond acceptors (Lipinski definition) is 5. The molecule has 1 aromatic carbocycles. The first-order chi connectivity index (χ1) is 13.4. The number of rotatable bonds is 16. The molecule has 0 aromatic heterocycles. The van der Waals surface area contributed by atoms with Crippen LogP contribution in [-0.4, -0.2) is 14.5 Å². The zero-order valence-electron chi connectivity index (χ0n) is 17.6. The molecule has 0 spiro atoms. The molecule has 160 valence electrons. The summed E-state index contributed by atoms with van der Waals surface area (Å²) in [6.45, 7) is 5.62. The van der Waals surface area contributed by atoms with Crippen LogP contribution in [0.2, 0.25) is 0 Å². The summed E-state index contributed by atoms with van der Waals surface area (Å²) in [5, 5.41) is 0. The Morgan fingerprint density at radius 1 is 0.893 bits per heavy atom. The molecular weight excluding hydrogens is 412 g/mol. The van der Waals surface area contributed by atoms with Crippen LogP contribution in [-0.2, 0) is 44.6 Å². The fourth-order valence-corrected chi connectivity index (χ4v) is 6.19.